The van der Waals surface area contributed by atoms with Gasteiger partial charge in [-0.15, -0.1) is 0 Å². The van der Waals surface area contributed by atoms with Gasteiger partial charge in [-0.05, 0) is 31.9 Å². The van der Waals surface area contributed by atoms with Gasteiger partial charge in [-0.25, -0.2) is 4.79 Å². The summed E-state index contributed by atoms with van der Waals surface area (Å²) in [5.74, 6) is -0.984. The second-order valence-electron chi connectivity index (χ2n) is 4.83. The molecule has 0 bridgehead atoms. The number of nitrogens with one attached hydrogen (secondary N) is 1. The van der Waals surface area contributed by atoms with E-state index < -0.39 is 5.97 Å². The molecule has 98 valence electrons. The number of para-hydroxylation sites is 1. The molecule has 5 heteroatoms. The van der Waals surface area contributed by atoms with Crippen LogP contribution in [0, 0.1) is 0 Å². The predicted molar refractivity (Wildman–Crippen MR) is 69.9 cm³/mol. The van der Waals surface area contributed by atoms with Crippen LogP contribution in [0.25, 0.3) is 0 Å². The summed E-state index contributed by atoms with van der Waals surface area (Å²) >= 11 is 0. The number of anilines is 2. The Morgan fingerprint density at radius 3 is 3.00 bits per heavy atom. The van der Waals surface area contributed by atoms with E-state index in [0.29, 0.717) is 17.9 Å². The highest BCUT2D eigenvalue weighted by Crippen LogP contribution is 2.28. The Kier molecular flexibility index (Phi) is 3.43. The first-order valence-corrected chi connectivity index (χ1v) is 6.01. The molecule has 5 nitrogen and oxygen atoms in total. The van der Waals surface area contributed by atoms with Gasteiger partial charge in [0.1, 0.15) is 0 Å². The van der Waals surface area contributed by atoms with Crippen LogP contribution >= 0.6 is 0 Å². The summed E-state index contributed by atoms with van der Waals surface area (Å²) in [6.07, 6.45) is 2.00. The zero-order chi connectivity index (χ0) is 13.2. The number of ether oxygens (including phenoxy) is 1. The number of hydrogen-bond acceptors (Lipinski definition) is 4. The quantitative estimate of drug-likeness (QED) is 0.711. The van der Waals surface area contributed by atoms with E-state index in [2.05, 4.69) is 5.32 Å². The highest BCUT2D eigenvalue weighted by atomic mass is 16.5. The number of nitrogen functional groups attached to an aromatic ring is 1. The minimum Gasteiger partial charge on any atom is -0.478 e. The number of hydrogen-bond donors (Lipinski definition) is 3. The number of rotatable bonds is 4. The standard InChI is InChI=1S/C13H18N2O3/c1-13(6-3-7-18-13)8-15-11-9(12(16)17)4-2-5-10(11)14/h2,4-5,15H,3,6-8,14H2,1H3,(H,16,17). The number of aromatic carboxylic acids is 1. The van der Waals surface area contributed by atoms with Gasteiger partial charge >= 0.3 is 5.97 Å². The summed E-state index contributed by atoms with van der Waals surface area (Å²) in [6, 6.07) is 4.86. The van der Waals surface area contributed by atoms with Gasteiger partial charge < -0.3 is 20.9 Å². The molecule has 1 fully saturated rings. The Bertz CT molecular complexity index is 454. The average Bonchev–Trinajstić information content (AvgIpc) is 2.74. The minimum absolute atomic E-state index is 0.191. The van der Waals surface area contributed by atoms with Crippen LogP contribution < -0.4 is 11.1 Å². The third kappa shape index (κ3) is 2.56. The first kappa shape index (κ1) is 12.7. The molecule has 1 unspecified atom stereocenters. The minimum atomic E-state index is -0.984. The molecule has 1 saturated heterocycles. The maximum Gasteiger partial charge on any atom is 0.337 e. The molecule has 1 heterocycles. The highest BCUT2D eigenvalue weighted by molar-refractivity contribution is 5.97. The molecular formula is C13H18N2O3. The Morgan fingerprint density at radius 2 is 2.39 bits per heavy atom. The zero-order valence-electron chi connectivity index (χ0n) is 10.4. The molecule has 18 heavy (non-hydrogen) atoms. The van der Waals surface area contributed by atoms with E-state index in [9.17, 15) is 4.79 Å². The van der Waals surface area contributed by atoms with Crippen molar-refractivity contribution >= 4 is 17.3 Å². The summed E-state index contributed by atoms with van der Waals surface area (Å²) < 4.78 is 5.65. The lowest BCUT2D eigenvalue weighted by molar-refractivity contribution is 0.0315. The van der Waals surface area contributed by atoms with Gasteiger partial charge in [-0.2, -0.15) is 0 Å². The summed E-state index contributed by atoms with van der Waals surface area (Å²) in [6.45, 7) is 3.34. The van der Waals surface area contributed by atoms with Crippen LogP contribution in [0.3, 0.4) is 0 Å². The van der Waals surface area contributed by atoms with Crippen LogP contribution in [0.2, 0.25) is 0 Å². The first-order valence-electron chi connectivity index (χ1n) is 6.01. The molecular weight excluding hydrogens is 232 g/mol. The molecule has 0 aromatic heterocycles. The summed E-state index contributed by atoms with van der Waals surface area (Å²) in [5.41, 5.74) is 6.69. The lowest BCUT2D eigenvalue weighted by atomic mass is 10.0. The second kappa shape index (κ2) is 4.86. The molecule has 1 aliphatic heterocycles. The third-order valence-electron chi connectivity index (χ3n) is 3.27. The van der Waals surface area contributed by atoms with E-state index >= 15 is 0 Å². The van der Waals surface area contributed by atoms with Gasteiger partial charge in [0.25, 0.3) is 0 Å². The van der Waals surface area contributed by atoms with Crippen molar-refractivity contribution in [2.45, 2.75) is 25.4 Å². The van der Waals surface area contributed by atoms with Crippen molar-refractivity contribution in [3.05, 3.63) is 23.8 Å². The van der Waals surface area contributed by atoms with Crippen molar-refractivity contribution in [2.75, 3.05) is 24.2 Å². The smallest absolute Gasteiger partial charge is 0.337 e. The lowest BCUT2D eigenvalue weighted by Gasteiger charge is -2.25. The van der Waals surface area contributed by atoms with Gasteiger partial charge in [-0.1, -0.05) is 6.07 Å². The van der Waals surface area contributed by atoms with Crippen molar-refractivity contribution in [1.29, 1.82) is 0 Å². The molecule has 2 rings (SSSR count). The topological polar surface area (TPSA) is 84.6 Å². The van der Waals surface area contributed by atoms with Crippen LogP contribution in [-0.2, 0) is 4.74 Å². The molecule has 0 amide bonds. The maximum atomic E-state index is 11.1. The van der Waals surface area contributed by atoms with Gasteiger partial charge in [0, 0.05) is 13.2 Å². The SMILES string of the molecule is CC1(CNc2c(N)cccc2C(=O)O)CCCO1. The highest BCUT2D eigenvalue weighted by Gasteiger charge is 2.30. The van der Waals surface area contributed by atoms with E-state index in [0.717, 1.165) is 19.4 Å². The van der Waals surface area contributed by atoms with Crippen molar-refractivity contribution in [3.8, 4) is 0 Å². The Morgan fingerprint density at radius 1 is 1.61 bits per heavy atom. The maximum absolute atomic E-state index is 11.1. The summed E-state index contributed by atoms with van der Waals surface area (Å²) in [7, 11) is 0. The largest absolute Gasteiger partial charge is 0.478 e. The predicted octanol–water partition coefficient (Wildman–Crippen LogP) is 1.95. The van der Waals surface area contributed by atoms with Gasteiger partial charge in [-0.3, -0.25) is 0 Å². The van der Waals surface area contributed by atoms with Crippen LogP contribution in [0.4, 0.5) is 11.4 Å². The fraction of sp³-hybridized carbons (Fsp3) is 0.462. The molecule has 1 aliphatic rings. The van der Waals surface area contributed by atoms with Crippen molar-refractivity contribution in [3.63, 3.8) is 0 Å². The van der Waals surface area contributed by atoms with Gasteiger partial charge in [0.2, 0.25) is 0 Å². The number of carboxylic acid groups (broad SMARTS) is 1. The number of nitrogens with two attached hydrogens (primary N) is 1. The average molecular weight is 250 g/mol. The molecule has 1 aromatic carbocycles. The normalized spacial score (nSPS) is 22.9. The Balaban J connectivity index is 2.15. The Labute approximate surface area is 106 Å². The van der Waals surface area contributed by atoms with Crippen molar-refractivity contribution < 1.29 is 14.6 Å². The van der Waals surface area contributed by atoms with E-state index in [-0.39, 0.29) is 11.2 Å². The molecule has 0 radical (unpaired) electrons. The van der Waals surface area contributed by atoms with Crippen LogP contribution in [0.1, 0.15) is 30.1 Å². The van der Waals surface area contributed by atoms with E-state index in [1.807, 2.05) is 6.92 Å². The van der Waals surface area contributed by atoms with Crippen LogP contribution in [0.5, 0.6) is 0 Å². The molecule has 0 aliphatic carbocycles. The fourth-order valence-electron chi connectivity index (χ4n) is 2.20. The molecule has 4 N–H and O–H groups in total. The molecule has 0 spiro atoms. The van der Waals surface area contributed by atoms with E-state index in [1.54, 1.807) is 18.2 Å². The monoisotopic (exact) mass is 250 g/mol. The van der Waals surface area contributed by atoms with E-state index in [1.165, 1.54) is 0 Å². The molecule has 1 atom stereocenters. The first-order chi connectivity index (χ1) is 8.52. The number of carboxylic acids is 1. The van der Waals surface area contributed by atoms with E-state index in [4.69, 9.17) is 15.6 Å². The third-order valence-corrected chi connectivity index (χ3v) is 3.27. The summed E-state index contributed by atoms with van der Waals surface area (Å²) in [5, 5.41) is 12.2. The van der Waals surface area contributed by atoms with Crippen LogP contribution in [-0.4, -0.2) is 29.8 Å². The zero-order valence-corrected chi connectivity index (χ0v) is 10.4. The van der Waals surface area contributed by atoms with Crippen molar-refractivity contribution in [1.82, 2.24) is 0 Å². The van der Waals surface area contributed by atoms with Gasteiger partial charge in [0.15, 0.2) is 0 Å². The molecule has 1 aromatic rings. The fourth-order valence-corrected chi connectivity index (χ4v) is 2.20. The van der Waals surface area contributed by atoms with Crippen LogP contribution in [0.15, 0.2) is 18.2 Å². The van der Waals surface area contributed by atoms with Crippen molar-refractivity contribution in [2.24, 2.45) is 0 Å². The van der Waals surface area contributed by atoms with Gasteiger partial charge in [0.05, 0.1) is 22.5 Å². The summed E-state index contributed by atoms with van der Waals surface area (Å²) in [4.78, 5) is 11.1. The number of benzene rings is 1. The molecule has 0 saturated carbocycles. The number of carbonyl (C=O) groups is 1. The lowest BCUT2D eigenvalue weighted by Crippen LogP contribution is -2.33. The second-order valence-corrected chi connectivity index (χ2v) is 4.83. The Hall–Kier alpha value is -1.75.